The molecule has 0 bridgehead atoms. The first-order valence-electron chi connectivity index (χ1n) is 5.90. The Bertz CT molecular complexity index is 626. The highest BCUT2D eigenvalue weighted by molar-refractivity contribution is 6.32. The van der Waals surface area contributed by atoms with E-state index in [0.717, 1.165) is 5.56 Å². The van der Waals surface area contributed by atoms with E-state index in [1.54, 1.807) is 42.5 Å². The largest absolute Gasteiger partial charge is 0.482 e. The van der Waals surface area contributed by atoms with E-state index in [9.17, 15) is 4.79 Å². The predicted octanol–water partition coefficient (Wildman–Crippen LogP) is 4.29. The molecule has 2 aromatic rings. The van der Waals surface area contributed by atoms with Gasteiger partial charge in [-0.15, -0.1) is 0 Å². The fourth-order valence-corrected chi connectivity index (χ4v) is 1.99. The van der Waals surface area contributed by atoms with Crippen molar-refractivity contribution < 1.29 is 14.3 Å². The van der Waals surface area contributed by atoms with Gasteiger partial charge in [0.2, 0.25) is 0 Å². The number of hydrogen-bond donors (Lipinski definition) is 0. The predicted molar refractivity (Wildman–Crippen MR) is 78.8 cm³/mol. The highest BCUT2D eigenvalue weighted by Gasteiger charge is 2.09. The summed E-state index contributed by atoms with van der Waals surface area (Å²) in [5.74, 6) is 0.383. The molecule has 0 amide bonds. The van der Waals surface area contributed by atoms with Gasteiger partial charge in [-0.05, 0) is 42.8 Å². The van der Waals surface area contributed by atoms with E-state index in [-0.39, 0.29) is 6.61 Å². The molecular formula is C15H12Cl2O3. The molecule has 0 aliphatic heterocycles. The van der Waals surface area contributed by atoms with Crippen LogP contribution in [0.5, 0.6) is 11.5 Å². The van der Waals surface area contributed by atoms with E-state index in [4.69, 9.17) is 32.7 Å². The Morgan fingerprint density at radius 3 is 2.55 bits per heavy atom. The first kappa shape index (κ1) is 14.7. The number of ether oxygens (including phenoxy) is 2. The van der Waals surface area contributed by atoms with Gasteiger partial charge < -0.3 is 9.47 Å². The Balaban J connectivity index is 1.94. The maximum Gasteiger partial charge on any atom is 0.349 e. The van der Waals surface area contributed by atoms with Crippen LogP contribution in [0.3, 0.4) is 0 Å². The second-order valence-electron chi connectivity index (χ2n) is 4.10. The molecule has 0 atom stereocenters. The fourth-order valence-electron chi connectivity index (χ4n) is 1.59. The van der Waals surface area contributed by atoms with E-state index < -0.39 is 5.97 Å². The van der Waals surface area contributed by atoms with E-state index in [0.29, 0.717) is 21.5 Å². The molecular weight excluding hydrogens is 299 g/mol. The second kappa shape index (κ2) is 6.64. The zero-order chi connectivity index (χ0) is 14.5. The molecule has 0 saturated heterocycles. The van der Waals surface area contributed by atoms with E-state index >= 15 is 0 Å². The normalized spacial score (nSPS) is 10.2. The summed E-state index contributed by atoms with van der Waals surface area (Å²) in [6, 6.07) is 11.9. The Morgan fingerprint density at radius 2 is 1.85 bits per heavy atom. The van der Waals surface area contributed by atoms with Gasteiger partial charge in [-0.25, -0.2) is 4.79 Å². The molecule has 0 unspecified atom stereocenters. The van der Waals surface area contributed by atoms with Gasteiger partial charge in [0.25, 0.3) is 0 Å². The molecule has 0 N–H and O–H groups in total. The minimum absolute atomic E-state index is 0.201. The van der Waals surface area contributed by atoms with Crippen molar-refractivity contribution >= 4 is 29.2 Å². The molecule has 3 nitrogen and oxygen atoms in total. The van der Waals surface area contributed by atoms with E-state index in [1.807, 2.05) is 6.92 Å². The monoisotopic (exact) mass is 310 g/mol. The van der Waals surface area contributed by atoms with Crippen molar-refractivity contribution in [3.05, 3.63) is 58.1 Å². The van der Waals surface area contributed by atoms with Crippen molar-refractivity contribution in [3.63, 3.8) is 0 Å². The van der Waals surface area contributed by atoms with Gasteiger partial charge in [0.1, 0.15) is 11.5 Å². The van der Waals surface area contributed by atoms with Gasteiger partial charge >= 0.3 is 5.97 Å². The molecule has 0 saturated carbocycles. The molecule has 2 aromatic carbocycles. The summed E-state index contributed by atoms with van der Waals surface area (Å²) < 4.78 is 10.5. The minimum Gasteiger partial charge on any atom is -0.482 e. The van der Waals surface area contributed by atoms with Crippen LogP contribution in [-0.2, 0) is 4.79 Å². The number of hydrogen-bond acceptors (Lipinski definition) is 3. The number of para-hydroxylation sites is 1. The smallest absolute Gasteiger partial charge is 0.349 e. The summed E-state index contributed by atoms with van der Waals surface area (Å²) in [6.45, 7) is 1.65. The third kappa shape index (κ3) is 3.89. The SMILES string of the molecule is Cc1cc(Cl)ccc1OCC(=O)Oc1ccccc1Cl. The first-order valence-corrected chi connectivity index (χ1v) is 6.66. The molecule has 2 rings (SSSR count). The van der Waals surface area contributed by atoms with Crippen molar-refractivity contribution in [2.45, 2.75) is 6.92 Å². The quantitative estimate of drug-likeness (QED) is 0.624. The van der Waals surface area contributed by atoms with Gasteiger partial charge in [-0.2, -0.15) is 0 Å². The molecule has 0 aliphatic rings. The summed E-state index contributed by atoms with van der Waals surface area (Å²) in [5, 5.41) is 0.997. The standard InChI is InChI=1S/C15H12Cl2O3/c1-10-8-11(16)6-7-13(10)19-9-15(18)20-14-5-3-2-4-12(14)17/h2-8H,9H2,1H3. The van der Waals surface area contributed by atoms with Crippen LogP contribution in [0.15, 0.2) is 42.5 Å². The highest BCUT2D eigenvalue weighted by Crippen LogP contribution is 2.24. The topological polar surface area (TPSA) is 35.5 Å². The number of carbonyl (C=O) groups excluding carboxylic acids is 1. The molecule has 0 aromatic heterocycles. The maximum atomic E-state index is 11.7. The number of aryl methyl sites for hydroxylation is 1. The fraction of sp³-hybridized carbons (Fsp3) is 0.133. The van der Waals surface area contributed by atoms with E-state index in [1.165, 1.54) is 0 Å². The third-order valence-electron chi connectivity index (χ3n) is 2.54. The van der Waals surface area contributed by atoms with Crippen LogP contribution >= 0.6 is 23.2 Å². The molecule has 0 radical (unpaired) electrons. The van der Waals surface area contributed by atoms with Gasteiger partial charge in [0.05, 0.1) is 5.02 Å². The number of carbonyl (C=O) groups is 1. The van der Waals surface area contributed by atoms with Crippen molar-refractivity contribution in [1.29, 1.82) is 0 Å². The lowest BCUT2D eigenvalue weighted by molar-refractivity contribution is -0.136. The molecule has 104 valence electrons. The van der Waals surface area contributed by atoms with Crippen molar-refractivity contribution in [2.75, 3.05) is 6.61 Å². The molecule has 5 heteroatoms. The van der Waals surface area contributed by atoms with Crippen LogP contribution in [0.2, 0.25) is 10.0 Å². The van der Waals surface area contributed by atoms with Crippen molar-refractivity contribution in [3.8, 4) is 11.5 Å². The lowest BCUT2D eigenvalue weighted by Crippen LogP contribution is -2.18. The zero-order valence-corrected chi connectivity index (χ0v) is 12.2. The minimum atomic E-state index is -0.521. The van der Waals surface area contributed by atoms with Crippen LogP contribution in [0.25, 0.3) is 0 Å². The third-order valence-corrected chi connectivity index (χ3v) is 3.09. The lowest BCUT2D eigenvalue weighted by Gasteiger charge is -2.09. The molecule has 0 aliphatic carbocycles. The van der Waals surface area contributed by atoms with Crippen LogP contribution in [0.1, 0.15) is 5.56 Å². The summed E-state index contributed by atoms with van der Waals surface area (Å²) in [4.78, 5) is 11.7. The van der Waals surface area contributed by atoms with Gasteiger partial charge in [0, 0.05) is 5.02 Å². The number of halogens is 2. The average molecular weight is 311 g/mol. The summed E-state index contributed by atoms with van der Waals surface area (Å²) >= 11 is 11.7. The van der Waals surface area contributed by atoms with Crippen LogP contribution in [-0.4, -0.2) is 12.6 Å². The van der Waals surface area contributed by atoms with Crippen molar-refractivity contribution in [1.82, 2.24) is 0 Å². The Morgan fingerprint density at radius 1 is 1.10 bits per heavy atom. The molecule has 0 heterocycles. The number of rotatable bonds is 4. The van der Waals surface area contributed by atoms with Crippen molar-refractivity contribution in [2.24, 2.45) is 0 Å². The molecule has 20 heavy (non-hydrogen) atoms. The van der Waals surface area contributed by atoms with Gasteiger partial charge in [-0.3, -0.25) is 0 Å². The average Bonchev–Trinajstić information content (AvgIpc) is 2.40. The van der Waals surface area contributed by atoms with Crippen LogP contribution in [0.4, 0.5) is 0 Å². The Kier molecular flexibility index (Phi) is 4.88. The number of benzene rings is 2. The molecule has 0 fully saturated rings. The maximum absolute atomic E-state index is 11.7. The Labute approximate surface area is 127 Å². The van der Waals surface area contributed by atoms with E-state index in [2.05, 4.69) is 0 Å². The highest BCUT2D eigenvalue weighted by atomic mass is 35.5. The summed E-state index contributed by atoms with van der Waals surface area (Å²) in [7, 11) is 0. The summed E-state index contributed by atoms with van der Waals surface area (Å²) in [6.07, 6.45) is 0. The number of esters is 1. The molecule has 0 spiro atoms. The second-order valence-corrected chi connectivity index (χ2v) is 4.95. The van der Waals surface area contributed by atoms with Crippen LogP contribution in [0, 0.1) is 6.92 Å². The lowest BCUT2D eigenvalue weighted by atomic mass is 10.2. The van der Waals surface area contributed by atoms with Gasteiger partial charge in [0.15, 0.2) is 6.61 Å². The summed E-state index contributed by atoms with van der Waals surface area (Å²) in [5.41, 5.74) is 0.850. The Hall–Kier alpha value is -1.71. The van der Waals surface area contributed by atoms with Crippen LogP contribution < -0.4 is 9.47 Å². The first-order chi connectivity index (χ1) is 9.56. The van der Waals surface area contributed by atoms with Gasteiger partial charge in [-0.1, -0.05) is 35.3 Å². The zero-order valence-electron chi connectivity index (χ0n) is 10.7.